The van der Waals surface area contributed by atoms with Crippen LogP contribution in [0.4, 0.5) is 0 Å². The fourth-order valence-corrected chi connectivity index (χ4v) is 2.62. The third-order valence-corrected chi connectivity index (χ3v) is 3.86. The molecule has 1 rings (SSSR count). The van der Waals surface area contributed by atoms with Crippen LogP contribution in [0, 0.1) is 5.92 Å². The molecule has 3 atom stereocenters. The number of nitrogens with one attached hydrogen (secondary N) is 2. The predicted octanol–water partition coefficient (Wildman–Crippen LogP) is 0.697. The summed E-state index contributed by atoms with van der Waals surface area (Å²) in [6, 6.07) is -0.431. The lowest BCUT2D eigenvalue weighted by molar-refractivity contribution is -0.142. The topological polar surface area (TPSA) is 78.4 Å². The van der Waals surface area contributed by atoms with Gasteiger partial charge in [-0.3, -0.25) is 4.79 Å². The van der Waals surface area contributed by atoms with E-state index in [4.69, 9.17) is 5.11 Å². The van der Waals surface area contributed by atoms with Crippen molar-refractivity contribution in [2.45, 2.75) is 38.3 Å². The molecule has 0 saturated carbocycles. The molecule has 0 bridgehead atoms. The molecule has 2 unspecified atom stereocenters. The number of carbonyl (C=O) groups is 2. The van der Waals surface area contributed by atoms with E-state index < -0.39 is 12.0 Å². The van der Waals surface area contributed by atoms with E-state index in [1.54, 1.807) is 11.8 Å². The summed E-state index contributed by atoms with van der Waals surface area (Å²) in [7, 11) is 0. The lowest BCUT2D eigenvalue weighted by atomic mass is 9.92. The number of hydrogen-bond acceptors (Lipinski definition) is 4. The van der Waals surface area contributed by atoms with Gasteiger partial charge >= 0.3 is 5.97 Å². The molecule has 0 spiro atoms. The zero-order valence-corrected chi connectivity index (χ0v) is 11.8. The number of amides is 1. The van der Waals surface area contributed by atoms with Gasteiger partial charge in [-0.15, -0.1) is 0 Å². The van der Waals surface area contributed by atoms with Crippen LogP contribution in [0.25, 0.3) is 0 Å². The second-order valence-corrected chi connectivity index (χ2v) is 5.74. The van der Waals surface area contributed by atoms with Gasteiger partial charge in [0.15, 0.2) is 0 Å². The van der Waals surface area contributed by atoms with Crippen LogP contribution >= 0.6 is 11.8 Å². The molecule has 0 radical (unpaired) electrons. The van der Waals surface area contributed by atoms with E-state index >= 15 is 0 Å². The first kappa shape index (κ1) is 15.3. The summed E-state index contributed by atoms with van der Waals surface area (Å²) < 4.78 is 0. The van der Waals surface area contributed by atoms with E-state index in [-0.39, 0.29) is 11.8 Å². The Bertz CT molecular complexity index is 299. The molecule has 1 amide bonds. The number of thioether (sulfide) groups is 1. The molecule has 1 fully saturated rings. The van der Waals surface area contributed by atoms with Crippen LogP contribution in [0.15, 0.2) is 0 Å². The molecule has 0 aliphatic carbocycles. The predicted molar refractivity (Wildman–Crippen MR) is 72.8 cm³/mol. The van der Waals surface area contributed by atoms with E-state index in [0.717, 1.165) is 25.1 Å². The number of carboxylic acid groups (broad SMARTS) is 1. The molecular formula is C12H22N2O3S. The van der Waals surface area contributed by atoms with E-state index in [1.165, 1.54) is 0 Å². The van der Waals surface area contributed by atoms with Crippen molar-refractivity contribution in [1.29, 1.82) is 0 Å². The highest BCUT2D eigenvalue weighted by atomic mass is 32.2. The van der Waals surface area contributed by atoms with Gasteiger partial charge in [0.1, 0.15) is 6.04 Å². The second-order valence-electron chi connectivity index (χ2n) is 4.76. The molecule has 1 heterocycles. The van der Waals surface area contributed by atoms with Crippen molar-refractivity contribution in [3.05, 3.63) is 0 Å². The van der Waals surface area contributed by atoms with E-state index in [0.29, 0.717) is 12.5 Å². The highest BCUT2D eigenvalue weighted by Gasteiger charge is 2.28. The smallest absolute Gasteiger partial charge is 0.326 e. The number of aliphatic carboxylic acids is 1. The minimum atomic E-state index is -0.945. The average Bonchev–Trinajstić information content (AvgIpc) is 2.33. The van der Waals surface area contributed by atoms with Gasteiger partial charge in [-0.2, -0.15) is 11.8 Å². The van der Waals surface area contributed by atoms with Crippen LogP contribution in [0.1, 0.15) is 26.2 Å². The molecule has 1 aliphatic rings. The first-order valence-corrected chi connectivity index (χ1v) is 7.69. The number of piperidine rings is 1. The lowest BCUT2D eigenvalue weighted by Gasteiger charge is -2.28. The molecule has 0 aromatic heterocycles. The largest absolute Gasteiger partial charge is 0.480 e. The first-order chi connectivity index (χ1) is 8.54. The minimum absolute atomic E-state index is 0.0580. The highest BCUT2D eigenvalue weighted by Crippen LogP contribution is 2.16. The average molecular weight is 274 g/mol. The summed E-state index contributed by atoms with van der Waals surface area (Å²) in [5.41, 5.74) is 0. The van der Waals surface area contributed by atoms with Gasteiger partial charge in [0.2, 0.25) is 5.91 Å². The Balaban J connectivity index is 2.46. The van der Waals surface area contributed by atoms with Crippen LogP contribution in [-0.4, -0.2) is 47.6 Å². The number of rotatable bonds is 6. The molecule has 3 N–H and O–H groups in total. The van der Waals surface area contributed by atoms with E-state index in [2.05, 4.69) is 10.6 Å². The molecule has 18 heavy (non-hydrogen) atoms. The van der Waals surface area contributed by atoms with Crippen molar-refractivity contribution in [2.24, 2.45) is 5.92 Å². The summed E-state index contributed by atoms with van der Waals surface area (Å²) in [4.78, 5) is 23.1. The Kier molecular flexibility index (Phi) is 6.49. The molecule has 1 aliphatic heterocycles. The normalized spacial score (nSPS) is 25.4. The Morgan fingerprint density at radius 3 is 2.83 bits per heavy atom. The van der Waals surface area contributed by atoms with E-state index in [9.17, 15) is 9.59 Å². The van der Waals surface area contributed by atoms with Gasteiger partial charge in [-0.05, 0) is 44.7 Å². The maximum atomic E-state index is 12.0. The second kappa shape index (κ2) is 7.63. The third kappa shape index (κ3) is 4.86. The lowest BCUT2D eigenvalue weighted by Crippen LogP contribution is -2.47. The van der Waals surface area contributed by atoms with Gasteiger partial charge in [0, 0.05) is 12.0 Å². The fourth-order valence-electron chi connectivity index (χ4n) is 2.15. The SMILES string of the molecule is CSCC[C@@H](NC(=O)C1CCNC(C)C1)C(=O)O. The summed E-state index contributed by atoms with van der Waals surface area (Å²) in [6.07, 6.45) is 3.96. The fraction of sp³-hybridized carbons (Fsp3) is 0.833. The van der Waals surface area contributed by atoms with Gasteiger partial charge in [-0.25, -0.2) is 4.79 Å². The van der Waals surface area contributed by atoms with Gasteiger partial charge < -0.3 is 15.7 Å². The zero-order valence-electron chi connectivity index (χ0n) is 10.9. The summed E-state index contributed by atoms with van der Waals surface area (Å²) in [5, 5.41) is 15.0. The number of hydrogen-bond donors (Lipinski definition) is 3. The van der Waals surface area contributed by atoms with Crippen LogP contribution in [0.3, 0.4) is 0 Å². The van der Waals surface area contributed by atoms with Crippen LogP contribution in [0.5, 0.6) is 0 Å². The molecular weight excluding hydrogens is 252 g/mol. The Labute approximate surface area is 112 Å². The maximum Gasteiger partial charge on any atom is 0.326 e. The Morgan fingerprint density at radius 2 is 2.28 bits per heavy atom. The Hall–Kier alpha value is -0.750. The number of carbonyl (C=O) groups excluding carboxylic acids is 1. The quantitative estimate of drug-likeness (QED) is 0.664. The molecule has 0 aromatic carbocycles. The molecule has 104 valence electrons. The van der Waals surface area contributed by atoms with Crippen molar-refractivity contribution in [1.82, 2.24) is 10.6 Å². The first-order valence-electron chi connectivity index (χ1n) is 6.30. The molecule has 1 saturated heterocycles. The van der Waals surface area contributed by atoms with Gasteiger partial charge in [-0.1, -0.05) is 0 Å². The third-order valence-electron chi connectivity index (χ3n) is 3.22. The van der Waals surface area contributed by atoms with Crippen molar-refractivity contribution in [3.63, 3.8) is 0 Å². The monoisotopic (exact) mass is 274 g/mol. The van der Waals surface area contributed by atoms with Gasteiger partial charge in [0.25, 0.3) is 0 Å². The van der Waals surface area contributed by atoms with Crippen molar-refractivity contribution in [3.8, 4) is 0 Å². The van der Waals surface area contributed by atoms with E-state index in [1.807, 2.05) is 13.2 Å². The van der Waals surface area contributed by atoms with Gasteiger partial charge in [0.05, 0.1) is 0 Å². The minimum Gasteiger partial charge on any atom is -0.480 e. The van der Waals surface area contributed by atoms with Crippen LogP contribution in [-0.2, 0) is 9.59 Å². The summed E-state index contributed by atoms with van der Waals surface area (Å²) in [6.45, 7) is 2.86. The standard InChI is InChI=1S/C12H22N2O3S/c1-8-7-9(3-5-13-8)11(15)14-10(12(16)17)4-6-18-2/h8-10,13H,3-7H2,1-2H3,(H,14,15)(H,16,17)/t8?,9?,10-/m1/s1. The number of carboxylic acids is 1. The molecule has 0 aromatic rings. The van der Waals surface area contributed by atoms with Crippen molar-refractivity contribution >= 4 is 23.6 Å². The van der Waals surface area contributed by atoms with Crippen molar-refractivity contribution < 1.29 is 14.7 Å². The summed E-state index contributed by atoms with van der Waals surface area (Å²) in [5.74, 6) is -0.381. The maximum absolute atomic E-state index is 12.0. The molecule has 5 nitrogen and oxygen atoms in total. The summed E-state index contributed by atoms with van der Waals surface area (Å²) >= 11 is 1.59. The highest BCUT2D eigenvalue weighted by molar-refractivity contribution is 7.98. The Morgan fingerprint density at radius 1 is 1.56 bits per heavy atom. The van der Waals surface area contributed by atoms with Crippen LogP contribution < -0.4 is 10.6 Å². The van der Waals surface area contributed by atoms with Crippen LogP contribution in [0.2, 0.25) is 0 Å². The molecule has 6 heteroatoms. The van der Waals surface area contributed by atoms with Crippen molar-refractivity contribution in [2.75, 3.05) is 18.6 Å². The zero-order chi connectivity index (χ0) is 13.5.